The van der Waals surface area contributed by atoms with Crippen molar-refractivity contribution in [3.8, 4) is 0 Å². The lowest BCUT2D eigenvalue weighted by Crippen LogP contribution is -2.30. The highest BCUT2D eigenvalue weighted by Crippen LogP contribution is 2.17. The van der Waals surface area contributed by atoms with Crippen molar-refractivity contribution in [1.82, 2.24) is 10.2 Å². The number of carbonyl (C=O) groups excluding carboxylic acids is 2. The van der Waals surface area contributed by atoms with Crippen molar-refractivity contribution < 1.29 is 14.0 Å². The van der Waals surface area contributed by atoms with Crippen LogP contribution in [0, 0.1) is 12.7 Å². The van der Waals surface area contributed by atoms with Crippen LogP contribution in [-0.4, -0.2) is 16.8 Å². The summed E-state index contributed by atoms with van der Waals surface area (Å²) in [5, 5.41) is 2.57. The van der Waals surface area contributed by atoms with Crippen LogP contribution in [-0.2, 0) is 11.3 Å². The van der Waals surface area contributed by atoms with E-state index in [1.165, 1.54) is 12.1 Å². The summed E-state index contributed by atoms with van der Waals surface area (Å²) in [7, 11) is 0. The van der Waals surface area contributed by atoms with Crippen molar-refractivity contribution in [3.63, 3.8) is 0 Å². The summed E-state index contributed by atoms with van der Waals surface area (Å²) in [5.74, 6) is -0.745. The Morgan fingerprint density at radius 1 is 1.04 bits per heavy atom. The van der Waals surface area contributed by atoms with Crippen molar-refractivity contribution in [1.29, 1.82) is 0 Å². The molecule has 0 spiro atoms. The molecule has 1 fully saturated rings. The number of halogens is 1. The summed E-state index contributed by atoms with van der Waals surface area (Å²) in [6.45, 7) is 2.08. The van der Waals surface area contributed by atoms with Crippen LogP contribution in [0.3, 0.4) is 0 Å². The van der Waals surface area contributed by atoms with E-state index in [1.54, 1.807) is 18.2 Å². The third-order valence-corrected chi connectivity index (χ3v) is 3.60. The molecule has 0 aliphatic carbocycles. The number of urea groups is 1. The summed E-state index contributed by atoms with van der Waals surface area (Å²) in [5.41, 5.74) is 2.88. The largest absolute Gasteiger partial charge is 0.329 e. The predicted molar refractivity (Wildman–Crippen MR) is 84.6 cm³/mol. The standard InChI is InChI=1S/C18H15FN2O2/c1-12-2-4-13(5-3-12)10-16-17(22)21(18(23)20-16)11-14-6-8-15(19)9-7-14/h2-10H,11H2,1H3,(H,20,23)/b16-10+. The van der Waals surface area contributed by atoms with E-state index in [4.69, 9.17) is 0 Å². The number of rotatable bonds is 3. The molecule has 3 rings (SSSR count). The number of nitrogens with one attached hydrogen (secondary N) is 1. The number of hydrogen-bond donors (Lipinski definition) is 1. The Balaban J connectivity index is 1.79. The van der Waals surface area contributed by atoms with Gasteiger partial charge in [0.1, 0.15) is 11.5 Å². The number of aryl methyl sites for hydroxylation is 1. The fourth-order valence-electron chi connectivity index (χ4n) is 2.32. The maximum atomic E-state index is 12.9. The molecule has 0 atom stereocenters. The van der Waals surface area contributed by atoms with Crippen LogP contribution in [0.5, 0.6) is 0 Å². The van der Waals surface area contributed by atoms with Gasteiger partial charge in [0.2, 0.25) is 0 Å². The molecule has 23 heavy (non-hydrogen) atoms. The molecule has 5 heteroatoms. The topological polar surface area (TPSA) is 49.4 Å². The van der Waals surface area contributed by atoms with Gasteiger partial charge in [-0.3, -0.25) is 9.69 Å². The van der Waals surface area contributed by atoms with Gasteiger partial charge in [0, 0.05) is 0 Å². The zero-order valence-corrected chi connectivity index (χ0v) is 12.5. The molecule has 1 aliphatic rings. The highest BCUT2D eigenvalue weighted by atomic mass is 19.1. The van der Waals surface area contributed by atoms with Crippen molar-refractivity contribution >= 4 is 18.0 Å². The fourth-order valence-corrected chi connectivity index (χ4v) is 2.32. The van der Waals surface area contributed by atoms with Gasteiger partial charge in [-0.1, -0.05) is 42.0 Å². The highest BCUT2D eigenvalue weighted by Gasteiger charge is 2.33. The van der Waals surface area contributed by atoms with E-state index < -0.39 is 6.03 Å². The molecule has 1 saturated heterocycles. The second-order valence-corrected chi connectivity index (χ2v) is 5.42. The lowest BCUT2D eigenvalue weighted by molar-refractivity contribution is -0.123. The minimum Gasteiger partial charge on any atom is -0.303 e. The molecule has 4 nitrogen and oxygen atoms in total. The van der Waals surface area contributed by atoms with Crippen molar-refractivity contribution in [2.75, 3.05) is 0 Å². The molecule has 1 heterocycles. The van der Waals surface area contributed by atoms with Crippen LogP contribution in [0.2, 0.25) is 0 Å². The Labute approximate surface area is 133 Å². The van der Waals surface area contributed by atoms with Gasteiger partial charge in [-0.25, -0.2) is 9.18 Å². The first-order valence-corrected chi connectivity index (χ1v) is 7.18. The van der Waals surface area contributed by atoms with Crippen molar-refractivity contribution in [2.24, 2.45) is 0 Å². The number of amides is 3. The third kappa shape index (κ3) is 3.29. The Hall–Kier alpha value is -2.95. The Kier molecular flexibility index (Phi) is 3.93. The van der Waals surface area contributed by atoms with E-state index in [1.807, 2.05) is 31.2 Å². The molecular weight excluding hydrogens is 295 g/mol. The monoisotopic (exact) mass is 310 g/mol. The van der Waals surface area contributed by atoms with Gasteiger partial charge in [0.05, 0.1) is 6.54 Å². The Bertz CT molecular complexity index is 780. The second kappa shape index (κ2) is 6.04. The maximum absolute atomic E-state index is 12.9. The third-order valence-electron chi connectivity index (χ3n) is 3.60. The van der Waals surface area contributed by atoms with Crippen LogP contribution in [0.4, 0.5) is 9.18 Å². The molecule has 2 aromatic rings. The molecule has 0 radical (unpaired) electrons. The maximum Gasteiger partial charge on any atom is 0.329 e. The zero-order valence-electron chi connectivity index (χ0n) is 12.5. The number of imide groups is 1. The fraction of sp³-hybridized carbons (Fsp3) is 0.111. The number of carbonyl (C=O) groups is 2. The van der Waals surface area contributed by atoms with Crippen molar-refractivity contribution in [3.05, 3.63) is 76.7 Å². The Morgan fingerprint density at radius 2 is 1.70 bits per heavy atom. The van der Waals surface area contributed by atoms with Crippen LogP contribution >= 0.6 is 0 Å². The average molecular weight is 310 g/mol. The van der Waals surface area contributed by atoms with Crippen LogP contribution in [0.15, 0.2) is 54.2 Å². The molecule has 2 aromatic carbocycles. The molecular formula is C18H15FN2O2. The lowest BCUT2D eigenvalue weighted by atomic mass is 10.1. The molecule has 1 N–H and O–H groups in total. The van der Waals surface area contributed by atoms with E-state index in [0.29, 0.717) is 5.56 Å². The normalized spacial score (nSPS) is 16.1. The predicted octanol–water partition coefficient (Wildman–Crippen LogP) is 3.23. The number of hydrogen-bond acceptors (Lipinski definition) is 2. The highest BCUT2D eigenvalue weighted by molar-refractivity contribution is 6.13. The van der Waals surface area contributed by atoms with Gasteiger partial charge in [0.25, 0.3) is 5.91 Å². The first kappa shape index (κ1) is 15.0. The van der Waals surface area contributed by atoms with Gasteiger partial charge < -0.3 is 5.32 Å². The van der Waals surface area contributed by atoms with E-state index in [0.717, 1.165) is 16.0 Å². The van der Waals surface area contributed by atoms with Crippen molar-refractivity contribution in [2.45, 2.75) is 13.5 Å². The van der Waals surface area contributed by atoms with Gasteiger partial charge in [-0.15, -0.1) is 0 Å². The minimum atomic E-state index is -0.474. The molecule has 1 aliphatic heterocycles. The quantitative estimate of drug-likeness (QED) is 0.699. The first-order valence-electron chi connectivity index (χ1n) is 7.18. The smallest absolute Gasteiger partial charge is 0.303 e. The second-order valence-electron chi connectivity index (χ2n) is 5.42. The van der Waals surface area contributed by atoms with Gasteiger partial charge >= 0.3 is 6.03 Å². The van der Waals surface area contributed by atoms with Crippen LogP contribution < -0.4 is 5.32 Å². The van der Waals surface area contributed by atoms with Gasteiger partial charge in [-0.05, 0) is 36.3 Å². The molecule has 0 aromatic heterocycles. The SMILES string of the molecule is Cc1ccc(/C=C2/NC(=O)N(Cc3ccc(F)cc3)C2=O)cc1. The van der Waals surface area contributed by atoms with Gasteiger partial charge in [0.15, 0.2) is 0 Å². The average Bonchev–Trinajstić information content (AvgIpc) is 2.79. The van der Waals surface area contributed by atoms with E-state index in [-0.39, 0.29) is 24.0 Å². The summed E-state index contributed by atoms with van der Waals surface area (Å²) in [6.07, 6.45) is 1.64. The zero-order chi connectivity index (χ0) is 16.4. The van der Waals surface area contributed by atoms with Crippen LogP contribution in [0.25, 0.3) is 6.08 Å². The van der Waals surface area contributed by atoms with Gasteiger partial charge in [-0.2, -0.15) is 0 Å². The Morgan fingerprint density at radius 3 is 2.35 bits per heavy atom. The molecule has 0 saturated carbocycles. The molecule has 3 amide bonds. The number of nitrogens with zero attached hydrogens (tertiary/aromatic N) is 1. The summed E-state index contributed by atoms with van der Waals surface area (Å²) < 4.78 is 12.9. The summed E-state index contributed by atoms with van der Waals surface area (Å²) in [6, 6.07) is 12.9. The van der Waals surface area contributed by atoms with E-state index >= 15 is 0 Å². The summed E-state index contributed by atoms with van der Waals surface area (Å²) in [4.78, 5) is 25.5. The minimum absolute atomic E-state index is 0.107. The van der Waals surface area contributed by atoms with E-state index in [2.05, 4.69) is 5.32 Å². The molecule has 0 bridgehead atoms. The molecule has 0 unspecified atom stereocenters. The van der Waals surface area contributed by atoms with E-state index in [9.17, 15) is 14.0 Å². The summed E-state index contributed by atoms with van der Waals surface area (Å²) >= 11 is 0. The molecule has 116 valence electrons. The number of benzene rings is 2. The first-order chi connectivity index (χ1) is 11.0. The lowest BCUT2D eigenvalue weighted by Gasteiger charge is -2.11. The van der Waals surface area contributed by atoms with Crippen LogP contribution in [0.1, 0.15) is 16.7 Å².